The van der Waals surface area contributed by atoms with Gasteiger partial charge in [0, 0.05) is 30.8 Å². The third-order valence-electron chi connectivity index (χ3n) is 3.45. The van der Waals surface area contributed by atoms with Gasteiger partial charge in [0.1, 0.15) is 0 Å². The van der Waals surface area contributed by atoms with Crippen LogP contribution in [0.2, 0.25) is 0 Å². The van der Waals surface area contributed by atoms with Crippen molar-refractivity contribution >= 4 is 11.6 Å². The first-order valence-corrected chi connectivity index (χ1v) is 6.72. The van der Waals surface area contributed by atoms with Crippen molar-refractivity contribution in [2.75, 3.05) is 13.1 Å². The molecule has 0 atom stereocenters. The molecule has 1 heterocycles. The van der Waals surface area contributed by atoms with Crippen LogP contribution in [-0.2, 0) is 0 Å². The Morgan fingerprint density at radius 3 is 2.37 bits per heavy atom. The normalized spacial score (nSPS) is 16.5. The van der Waals surface area contributed by atoms with Gasteiger partial charge in [-0.2, -0.15) is 0 Å². The molecule has 0 aromatic heterocycles. The van der Waals surface area contributed by atoms with Gasteiger partial charge < -0.3 is 4.90 Å². The number of carbonyl (C=O) groups is 1. The number of rotatable bonds is 2. The van der Waals surface area contributed by atoms with Crippen LogP contribution in [0.25, 0.3) is 0 Å². The summed E-state index contributed by atoms with van der Waals surface area (Å²) in [5.74, 6) is -0.0920. The van der Waals surface area contributed by atoms with Gasteiger partial charge in [-0.1, -0.05) is 25.3 Å². The highest BCUT2D eigenvalue weighted by molar-refractivity contribution is 5.94. The maximum Gasteiger partial charge on any atom is 0.270 e. The molecule has 1 aromatic carbocycles. The summed E-state index contributed by atoms with van der Waals surface area (Å²) >= 11 is 0. The highest BCUT2D eigenvalue weighted by Crippen LogP contribution is 2.17. The standard InChI is InChI=1S/C14H18N2O3/c17-14(15-9-4-2-1-3-5-10-15)12-7-6-8-13(11-12)16(18)19/h6-8,11H,1-5,9-10H2. The van der Waals surface area contributed by atoms with Crippen LogP contribution in [0.1, 0.15) is 42.5 Å². The second-order valence-electron chi connectivity index (χ2n) is 4.87. The van der Waals surface area contributed by atoms with Crippen LogP contribution >= 0.6 is 0 Å². The Hall–Kier alpha value is -1.91. The van der Waals surface area contributed by atoms with Crippen molar-refractivity contribution in [1.82, 2.24) is 4.90 Å². The number of nitro benzene ring substituents is 1. The number of carbonyl (C=O) groups excluding carboxylic acids is 1. The van der Waals surface area contributed by atoms with Crippen molar-refractivity contribution in [3.05, 3.63) is 39.9 Å². The monoisotopic (exact) mass is 262 g/mol. The number of nitro groups is 1. The van der Waals surface area contributed by atoms with Gasteiger partial charge in [0.15, 0.2) is 0 Å². The fourth-order valence-electron chi connectivity index (χ4n) is 2.39. The first kappa shape index (κ1) is 13.5. The van der Waals surface area contributed by atoms with Gasteiger partial charge in [-0.25, -0.2) is 0 Å². The predicted molar refractivity (Wildman–Crippen MR) is 72.1 cm³/mol. The summed E-state index contributed by atoms with van der Waals surface area (Å²) in [4.78, 5) is 24.4. The van der Waals surface area contributed by atoms with E-state index in [1.54, 1.807) is 12.1 Å². The Labute approximate surface area is 112 Å². The number of amides is 1. The number of hydrogen-bond acceptors (Lipinski definition) is 3. The summed E-state index contributed by atoms with van der Waals surface area (Å²) in [7, 11) is 0. The zero-order chi connectivity index (χ0) is 13.7. The van der Waals surface area contributed by atoms with Gasteiger partial charge in [0.2, 0.25) is 0 Å². The second-order valence-corrected chi connectivity index (χ2v) is 4.87. The summed E-state index contributed by atoms with van der Waals surface area (Å²) in [6.45, 7) is 1.50. The molecule has 0 bridgehead atoms. The summed E-state index contributed by atoms with van der Waals surface area (Å²) in [6.07, 6.45) is 5.57. The highest BCUT2D eigenvalue weighted by Gasteiger charge is 2.18. The Kier molecular flexibility index (Phi) is 4.49. The fraction of sp³-hybridized carbons (Fsp3) is 0.500. The van der Waals surface area contributed by atoms with Crippen LogP contribution in [0, 0.1) is 10.1 Å². The molecule has 0 aliphatic carbocycles. The number of hydrogen-bond donors (Lipinski definition) is 0. The molecule has 0 saturated carbocycles. The lowest BCUT2D eigenvalue weighted by atomic mass is 10.1. The van der Waals surface area contributed by atoms with E-state index in [0.29, 0.717) is 5.56 Å². The van der Waals surface area contributed by atoms with Crippen molar-refractivity contribution in [3.8, 4) is 0 Å². The van der Waals surface area contributed by atoms with E-state index in [4.69, 9.17) is 0 Å². The average Bonchev–Trinajstić information content (AvgIpc) is 2.38. The van der Waals surface area contributed by atoms with E-state index in [1.165, 1.54) is 18.6 Å². The second kappa shape index (κ2) is 6.31. The van der Waals surface area contributed by atoms with Crippen LogP contribution in [0.3, 0.4) is 0 Å². The van der Waals surface area contributed by atoms with Crippen LogP contribution in [0.5, 0.6) is 0 Å². The Bertz CT molecular complexity index is 466. The first-order chi connectivity index (χ1) is 9.18. The van der Waals surface area contributed by atoms with Crippen molar-refractivity contribution in [2.45, 2.75) is 32.1 Å². The van der Waals surface area contributed by atoms with Gasteiger partial charge in [0.05, 0.1) is 4.92 Å². The smallest absolute Gasteiger partial charge is 0.270 e. The van der Waals surface area contributed by atoms with E-state index in [1.807, 2.05) is 4.90 Å². The zero-order valence-corrected chi connectivity index (χ0v) is 10.9. The minimum atomic E-state index is -0.468. The van der Waals surface area contributed by atoms with Crippen LogP contribution < -0.4 is 0 Å². The predicted octanol–water partition coefficient (Wildman–Crippen LogP) is 3.00. The molecule has 0 N–H and O–H groups in total. The topological polar surface area (TPSA) is 63.4 Å². The number of benzene rings is 1. The van der Waals surface area contributed by atoms with E-state index < -0.39 is 4.92 Å². The summed E-state index contributed by atoms with van der Waals surface area (Å²) in [5.41, 5.74) is 0.382. The minimum absolute atomic E-state index is 0.0297. The molecule has 1 fully saturated rings. The quantitative estimate of drug-likeness (QED) is 0.608. The molecule has 1 aromatic rings. The molecular weight excluding hydrogens is 244 g/mol. The van der Waals surface area contributed by atoms with Gasteiger partial charge in [-0.3, -0.25) is 14.9 Å². The lowest BCUT2D eigenvalue weighted by Crippen LogP contribution is -2.33. The van der Waals surface area contributed by atoms with E-state index in [-0.39, 0.29) is 11.6 Å². The number of nitrogens with zero attached hydrogens (tertiary/aromatic N) is 2. The van der Waals surface area contributed by atoms with Gasteiger partial charge >= 0.3 is 0 Å². The molecule has 1 saturated heterocycles. The Morgan fingerprint density at radius 2 is 1.74 bits per heavy atom. The average molecular weight is 262 g/mol. The maximum absolute atomic E-state index is 12.3. The molecule has 1 amide bonds. The van der Waals surface area contributed by atoms with Crippen molar-refractivity contribution < 1.29 is 9.72 Å². The van der Waals surface area contributed by atoms with Gasteiger partial charge in [0.25, 0.3) is 11.6 Å². The largest absolute Gasteiger partial charge is 0.339 e. The molecule has 5 nitrogen and oxygen atoms in total. The van der Waals surface area contributed by atoms with Crippen molar-refractivity contribution in [2.24, 2.45) is 0 Å². The van der Waals surface area contributed by atoms with Crippen LogP contribution in [0.4, 0.5) is 5.69 Å². The first-order valence-electron chi connectivity index (χ1n) is 6.72. The zero-order valence-electron chi connectivity index (χ0n) is 10.9. The maximum atomic E-state index is 12.3. The number of non-ortho nitro benzene ring substituents is 1. The summed E-state index contributed by atoms with van der Waals surface area (Å²) in [6, 6.07) is 5.98. The van der Waals surface area contributed by atoms with Crippen LogP contribution in [-0.4, -0.2) is 28.8 Å². The van der Waals surface area contributed by atoms with Gasteiger partial charge in [-0.05, 0) is 18.9 Å². The van der Waals surface area contributed by atoms with Crippen LogP contribution in [0.15, 0.2) is 24.3 Å². The van der Waals surface area contributed by atoms with Crippen molar-refractivity contribution in [3.63, 3.8) is 0 Å². The summed E-state index contributed by atoms with van der Waals surface area (Å²) in [5, 5.41) is 10.7. The SMILES string of the molecule is O=C(c1cccc([N+](=O)[O-])c1)N1CCCCCCC1. The Morgan fingerprint density at radius 1 is 1.11 bits per heavy atom. The Balaban J connectivity index is 2.13. The van der Waals surface area contributed by atoms with E-state index in [0.717, 1.165) is 38.8 Å². The van der Waals surface area contributed by atoms with E-state index in [9.17, 15) is 14.9 Å². The van der Waals surface area contributed by atoms with E-state index in [2.05, 4.69) is 0 Å². The number of likely N-dealkylation sites (tertiary alicyclic amines) is 1. The lowest BCUT2D eigenvalue weighted by Gasteiger charge is -2.24. The molecule has 1 aliphatic heterocycles. The molecule has 5 heteroatoms. The molecule has 2 rings (SSSR count). The molecular formula is C14H18N2O3. The molecule has 102 valence electrons. The highest BCUT2D eigenvalue weighted by atomic mass is 16.6. The third kappa shape index (κ3) is 3.53. The molecule has 0 spiro atoms. The molecule has 0 unspecified atom stereocenters. The summed E-state index contributed by atoms with van der Waals surface area (Å²) < 4.78 is 0. The van der Waals surface area contributed by atoms with Crippen molar-refractivity contribution in [1.29, 1.82) is 0 Å². The van der Waals surface area contributed by atoms with E-state index >= 15 is 0 Å². The molecule has 19 heavy (non-hydrogen) atoms. The lowest BCUT2D eigenvalue weighted by molar-refractivity contribution is -0.384. The van der Waals surface area contributed by atoms with Gasteiger partial charge in [-0.15, -0.1) is 0 Å². The fourth-order valence-corrected chi connectivity index (χ4v) is 2.39. The molecule has 0 radical (unpaired) electrons. The third-order valence-corrected chi connectivity index (χ3v) is 3.45. The minimum Gasteiger partial charge on any atom is -0.339 e. The molecule has 1 aliphatic rings.